The highest BCUT2D eigenvalue weighted by Crippen LogP contribution is 2.38. The second-order valence-corrected chi connectivity index (χ2v) is 8.92. The number of benzene rings is 2. The van der Waals surface area contributed by atoms with Crippen molar-refractivity contribution >= 4 is 54.0 Å². The maximum atomic E-state index is 13.4. The lowest BCUT2D eigenvalue weighted by Gasteiger charge is -2.37. The average molecular weight is 488 g/mol. The Balaban J connectivity index is 1.57. The van der Waals surface area contributed by atoms with Crippen LogP contribution < -0.4 is 15.1 Å². The van der Waals surface area contributed by atoms with E-state index in [4.69, 9.17) is 40.5 Å². The molecule has 2 heterocycles. The zero-order valence-electron chi connectivity index (χ0n) is 18.3. The lowest BCUT2D eigenvalue weighted by molar-refractivity contribution is -0.133. The van der Waals surface area contributed by atoms with E-state index >= 15 is 0 Å². The third-order valence-corrected chi connectivity index (χ3v) is 6.65. The Hall–Kier alpha value is -2.26. The fourth-order valence-corrected chi connectivity index (χ4v) is 4.35. The summed E-state index contributed by atoms with van der Waals surface area (Å²) in [5, 5.41) is 0.602. The average Bonchev–Trinajstić information content (AvgIpc) is 2.81. The molecular formula is C23H24BCl2N3O4. The standard InChI is InChI=1S/C23H24BCl2N3O4/c1-27(20(12-28-5-7-32-8-6-28)15-3-2-4-16(24)9-15)22(30)13-29-19-10-17(25)18(26)11-21(19)33-14-23(29)31/h2-4,9-11,20H,5-8,12-14H2,1H3. The Morgan fingerprint density at radius 1 is 1.18 bits per heavy atom. The molecule has 1 unspecified atom stereocenters. The Labute approximate surface area is 204 Å². The van der Waals surface area contributed by atoms with Crippen LogP contribution in [0.4, 0.5) is 5.69 Å². The molecule has 0 aromatic heterocycles. The summed E-state index contributed by atoms with van der Waals surface area (Å²) < 4.78 is 10.9. The number of carbonyl (C=O) groups excluding carboxylic acids is 2. The first kappa shape index (κ1) is 23.9. The van der Waals surface area contributed by atoms with E-state index in [2.05, 4.69) is 4.90 Å². The number of ether oxygens (including phenoxy) is 2. The van der Waals surface area contributed by atoms with Gasteiger partial charge in [0, 0.05) is 32.7 Å². The first-order valence-electron chi connectivity index (χ1n) is 10.7. The summed E-state index contributed by atoms with van der Waals surface area (Å²) in [5.41, 5.74) is 1.99. The lowest BCUT2D eigenvalue weighted by Crippen LogP contribution is -2.48. The first-order chi connectivity index (χ1) is 15.8. The van der Waals surface area contributed by atoms with Crippen molar-refractivity contribution in [3.05, 3.63) is 52.0 Å². The number of halogens is 2. The molecule has 0 saturated carbocycles. The van der Waals surface area contributed by atoms with Gasteiger partial charge in [-0.1, -0.05) is 52.9 Å². The number of rotatable bonds is 6. The molecule has 2 aromatic rings. The van der Waals surface area contributed by atoms with Gasteiger partial charge in [0.2, 0.25) is 5.91 Å². The zero-order valence-corrected chi connectivity index (χ0v) is 19.8. The fourth-order valence-electron chi connectivity index (χ4n) is 4.04. The molecule has 10 heteroatoms. The number of fused-ring (bicyclic) bond motifs is 1. The number of likely N-dealkylation sites (N-methyl/N-ethyl adjacent to an activating group) is 1. The number of nitrogens with zero attached hydrogens (tertiary/aromatic N) is 3. The number of anilines is 1. The minimum atomic E-state index is -0.323. The van der Waals surface area contributed by atoms with Crippen LogP contribution in [0.25, 0.3) is 0 Å². The topological polar surface area (TPSA) is 62.3 Å². The number of morpholine rings is 1. The molecule has 1 atom stereocenters. The highest BCUT2D eigenvalue weighted by Gasteiger charge is 2.32. The van der Waals surface area contributed by atoms with Gasteiger partial charge in [0.1, 0.15) is 20.1 Å². The summed E-state index contributed by atoms with van der Waals surface area (Å²) >= 11 is 12.2. The van der Waals surface area contributed by atoms with E-state index in [1.807, 2.05) is 24.3 Å². The quantitative estimate of drug-likeness (QED) is 0.583. The van der Waals surface area contributed by atoms with Crippen molar-refractivity contribution in [2.75, 3.05) is 57.9 Å². The van der Waals surface area contributed by atoms with Crippen molar-refractivity contribution in [1.82, 2.24) is 9.80 Å². The molecular weight excluding hydrogens is 464 g/mol. The van der Waals surface area contributed by atoms with E-state index < -0.39 is 0 Å². The van der Waals surface area contributed by atoms with Crippen LogP contribution in [0, 0.1) is 0 Å². The van der Waals surface area contributed by atoms with Crippen LogP contribution in [0.15, 0.2) is 36.4 Å². The van der Waals surface area contributed by atoms with Gasteiger partial charge in [0.05, 0.1) is 35.0 Å². The number of hydrogen-bond acceptors (Lipinski definition) is 5. The molecule has 2 aliphatic heterocycles. The van der Waals surface area contributed by atoms with E-state index in [9.17, 15) is 9.59 Å². The van der Waals surface area contributed by atoms with Gasteiger partial charge < -0.3 is 14.4 Å². The summed E-state index contributed by atoms with van der Waals surface area (Å²) in [6, 6.07) is 10.4. The Bertz CT molecular complexity index is 1050. The minimum Gasteiger partial charge on any atom is -0.482 e. The molecule has 1 fully saturated rings. The monoisotopic (exact) mass is 487 g/mol. The van der Waals surface area contributed by atoms with Gasteiger partial charge in [-0.15, -0.1) is 0 Å². The molecule has 2 aromatic carbocycles. The third kappa shape index (κ3) is 5.46. The highest BCUT2D eigenvalue weighted by atomic mass is 35.5. The largest absolute Gasteiger partial charge is 0.482 e. The van der Waals surface area contributed by atoms with Crippen LogP contribution in [-0.4, -0.2) is 82.5 Å². The molecule has 172 valence electrons. The van der Waals surface area contributed by atoms with Crippen LogP contribution in [0.1, 0.15) is 11.6 Å². The number of amides is 2. The number of hydrogen-bond donors (Lipinski definition) is 0. The molecule has 0 bridgehead atoms. The maximum absolute atomic E-state index is 13.4. The van der Waals surface area contributed by atoms with Crippen LogP contribution >= 0.6 is 23.2 Å². The van der Waals surface area contributed by atoms with Crippen molar-refractivity contribution in [2.45, 2.75) is 6.04 Å². The van der Waals surface area contributed by atoms with Crippen molar-refractivity contribution in [2.24, 2.45) is 0 Å². The summed E-state index contributed by atoms with van der Waals surface area (Å²) in [6.07, 6.45) is 0. The Kier molecular flexibility index (Phi) is 7.49. The van der Waals surface area contributed by atoms with Crippen LogP contribution in [0.5, 0.6) is 5.75 Å². The highest BCUT2D eigenvalue weighted by molar-refractivity contribution is 6.42. The predicted octanol–water partition coefficient (Wildman–Crippen LogP) is 2.04. The van der Waals surface area contributed by atoms with E-state index in [0.29, 0.717) is 41.7 Å². The van der Waals surface area contributed by atoms with E-state index in [1.165, 1.54) is 4.90 Å². The third-order valence-electron chi connectivity index (χ3n) is 5.93. The molecule has 2 radical (unpaired) electrons. The van der Waals surface area contributed by atoms with Crippen LogP contribution in [0.2, 0.25) is 10.0 Å². The maximum Gasteiger partial charge on any atom is 0.265 e. The molecule has 1 saturated heterocycles. The molecule has 0 spiro atoms. The summed E-state index contributed by atoms with van der Waals surface area (Å²) in [5.74, 6) is -0.126. The molecule has 2 amide bonds. The van der Waals surface area contributed by atoms with Crippen molar-refractivity contribution in [3.63, 3.8) is 0 Å². The summed E-state index contributed by atoms with van der Waals surface area (Å²) in [6.45, 7) is 3.20. The van der Waals surface area contributed by atoms with E-state index in [-0.39, 0.29) is 36.0 Å². The van der Waals surface area contributed by atoms with Crippen molar-refractivity contribution < 1.29 is 19.1 Å². The fraction of sp³-hybridized carbons (Fsp3) is 0.391. The smallest absolute Gasteiger partial charge is 0.265 e. The van der Waals surface area contributed by atoms with Gasteiger partial charge in [-0.05, 0) is 11.6 Å². The van der Waals surface area contributed by atoms with Crippen LogP contribution in [-0.2, 0) is 14.3 Å². The second kappa shape index (κ2) is 10.3. The summed E-state index contributed by atoms with van der Waals surface area (Å²) in [7, 11) is 7.77. The molecule has 33 heavy (non-hydrogen) atoms. The van der Waals surface area contributed by atoms with Gasteiger partial charge >= 0.3 is 0 Å². The van der Waals surface area contributed by atoms with E-state index in [1.54, 1.807) is 24.1 Å². The molecule has 4 rings (SSSR count). The van der Waals surface area contributed by atoms with Crippen molar-refractivity contribution in [3.8, 4) is 5.75 Å². The molecule has 0 N–H and O–H groups in total. The van der Waals surface area contributed by atoms with Gasteiger partial charge in [0.25, 0.3) is 5.91 Å². The van der Waals surface area contributed by atoms with Crippen molar-refractivity contribution in [1.29, 1.82) is 0 Å². The van der Waals surface area contributed by atoms with E-state index in [0.717, 1.165) is 18.7 Å². The molecule has 7 nitrogen and oxygen atoms in total. The summed E-state index contributed by atoms with van der Waals surface area (Å²) in [4.78, 5) is 31.4. The zero-order chi connectivity index (χ0) is 23.5. The lowest BCUT2D eigenvalue weighted by atomic mass is 9.92. The van der Waals surface area contributed by atoms with Gasteiger partial charge in [-0.25, -0.2) is 0 Å². The first-order valence-corrected chi connectivity index (χ1v) is 11.4. The minimum absolute atomic E-state index is 0.147. The van der Waals surface area contributed by atoms with Crippen LogP contribution in [0.3, 0.4) is 0 Å². The Morgan fingerprint density at radius 3 is 2.64 bits per heavy atom. The normalized spacial score (nSPS) is 17.3. The number of carbonyl (C=O) groups is 2. The Morgan fingerprint density at radius 2 is 1.91 bits per heavy atom. The predicted molar refractivity (Wildman–Crippen MR) is 129 cm³/mol. The molecule has 2 aliphatic rings. The molecule has 0 aliphatic carbocycles. The van der Waals surface area contributed by atoms with Gasteiger partial charge in [-0.2, -0.15) is 0 Å². The van der Waals surface area contributed by atoms with Gasteiger partial charge in [-0.3, -0.25) is 19.4 Å². The second-order valence-electron chi connectivity index (χ2n) is 8.11. The SMILES string of the molecule is [B]c1cccc(C(CN2CCOCC2)N(C)C(=O)CN2C(=O)COc3cc(Cl)c(Cl)cc32)c1. The van der Waals surface area contributed by atoms with Gasteiger partial charge in [0.15, 0.2) is 6.61 Å².